The molecular formula is C10H16BrN3S. The third-order valence-corrected chi connectivity index (χ3v) is 4.50. The van der Waals surface area contributed by atoms with Crippen molar-refractivity contribution in [3.63, 3.8) is 0 Å². The number of aromatic nitrogens is 2. The van der Waals surface area contributed by atoms with E-state index in [4.69, 9.17) is 0 Å². The summed E-state index contributed by atoms with van der Waals surface area (Å²) < 4.78 is 0.883. The molecule has 0 bridgehead atoms. The molecule has 1 unspecified atom stereocenters. The van der Waals surface area contributed by atoms with Crippen molar-refractivity contribution >= 4 is 32.4 Å². The molecule has 1 atom stereocenters. The number of nitrogens with zero attached hydrogens (tertiary/aromatic N) is 3. The molecule has 1 aliphatic heterocycles. The summed E-state index contributed by atoms with van der Waals surface area (Å²) in [7, 11) is 0. The van der Waals surface area contributed by atoms with Gasteiger partial charge in [0, 0.05) is 13.1 Å². The van der Waals surface area contributed by atoms with E-state index in [1.165, 1.54) is 25.7 Å². The monoisotopic (exact) mass is 289 g/mol. The molecule has 0 aliphatic carbocycles. The molecule has 0 N–H and O–H groups in total. The van der Waals surface area contributed by atoms with Crippen molar-refractivity contribution in [2.45, 2.75) is 32.6 Å². The van der Waals surface area contributed by atoms with Gasteiger partial charge in [0.2, 0.25) is 5.13 Å². The molecule has 1 aromatic heterocycles. The number of hydrogen-bond acceptors (Lipinski definition) is 4. The zero-order valence-corrected chi connectivity index (χ0v) is 11.4. The molecule has 0 amide bonds. The van der Waals surface area contributed by atoms with Crippen LogP contribution in [0.5, 0.6) is 0 Å². The van der Waals surface area contributed by atoms with Gasteiger partial charge in [-0.25, -0.2) is 0 Å². The molecule has 0 aromatic carbocycles. The smallest absolute Gasteiger partial charge is 0.209 e. The highest BCUT2D eigenvalue weighted by atomic mass is 79.9. The standard InChI is InChI=1S/C10H16BrN3S/c1-2-8-4-3-6-14(7-5-8)10-13-12-9(11)15-10/h8H,2-7H2,1H3. The van der Waals surface area contributed by atoms with Gasteiger partial charge in [-0.2, -0.15) is 0 Å². The van der Waals surface area contributed by atoms with E-state index in [1.54, 1.807) is 11.3 Å². The lowest BCUT2D eigenvalue weighted by Gasteiger charge is -2.18. The molecule has 15 heavy (non-hydrogen) atoms. The first-order chi connectivity index (χ1) is 7.29. The van der Waals surface area contributed by atoms with Crippen LogP contribution in [-0.2, 0) is 0 Å². The lowest BCUT2D eigenvalue weighted by Crippen LogP contribution is -2.23. The van der Waals surface area contributed by atoms with Crippen LogP contribution in [-0.4, -0.2) is 23.3 Å². The minimum atomic E-state index is 0.883. The Morgan fingerprint density at radius 3 is 2.93 bits per heavy atom. The summed E-state index contributed by atoms with van der Waals surface area (Å²) in [5.41, 5.74) is 0. The lowest BCUT2D eigenvalue weighted by molar-refractivity contribution is 0.459. The second kappa shape index (κ2) is 5.25. The molecule has 0 saturated carbocycles. The first kappa shape index (κ1) is 11.3. The van der Waals surface area contributed by atoms with Crippen LogP contribution in [0.2, 0.25) is 0 Å². The zero-order valence-electron chi connectivity index (χ0n) is 8.95. The first-order valence-electron chi connectivity index (χ1n) is 5.53. The number of anilines is 1. The fourth-order valence-electron chi connectivity index (χ4n) is 2.09. The van der Waals surface area contributed by atoms with Gasteiger partial charge in [0.05, 0.1) is 0 Å². The van der Waals surface area contributed by atoms with E-state index >= 15 is 0 Å². The summed E-state index contributed by atoms with van der Waals surface area (Å²) >= 11 is 4.99. The Morgan fingerprint density at radius 1 is 1.40 bits per heavy atom. The van der Waals surface area contributed by atoms with Crippen LogP contribution < -0.4 is 4.90 Å². The molecule has 2 rings (SSSR count). The fraction of sp³-hybridized carbons (Fsp3) is 0.800. The third kappa shape index (κ3) is 2.91. The lowest BCUT2D eigenvalue weighted by atomic mass is 9.98. The van der Waals surface area contributed by atoms with Crippen LogP contribution in [0.3, 0.4) is 0 Å². The van der Waals surface area contributed by atoms with E-state index in [9.17, 15) is 0 Å². The average molecular weight is 290 g/mol. The highest BCUT2D eigenvalue weighted by Crippen LogP contribution is 2.28. The van der Waals surface area contributed by atoms with Crippen molar-refractivity contribution in [1.82, 2.24) is 10.2 Å². The van der Waals surface area contributed by atoms with Gasteiger partial charge in [0.15, 0.2) is 3.92 Å². The van der Waals surface area contributed by atoms with Gasteiger partial charge in [0.1, 0.15) is 0 Å². The van der Waals surface area contributed by atoms with Crippen molar-refractivity contribution in [2.24, 2.45) is 5.92 Å². The van der Waals surface area contributed by atoms with E-state index in [1.807, 2.05) is 0 Å². The summed E-state index contributed by atoms with van der Waals surface area (Å²) in [6.45, 7) is 4.57. The van der Waals surface area contributed by atoms with Crippen molar-refractivity contribution in [2.75, 3.05) is 18.0 Å². The van der Waals surface area contributed by atoms with Crippen LogP contribution in [0, 0.1) is 5.92 Å². The number of rotatable bonds is 2. The molecule has 1 saturated heterocycles. The molecule has 0 spiro atoms. The molecule has 0 radical (unpaired) electrons. The number of hydrogen-bond donors (Lipinski definition) is 0. The SMILES string of the molecule is CCC1CCCN(c2nnc(Br)s2)CC1. The Balaban J connectivity index is 1.99. The van der Waals surface area contributed by atoms with Crippen molar-refractivity contribution < 1.29 is 0 Å². The summed E-state index contributed by atoms with van der Waals surface area (Å²) in [6.07, 6.45) is 5.27. The Bertz CT molecular complexity index is 315. The maximum Gasteiger partial charge on any atom is 0.209 e. The van der Waals surface area contributed by atoms with Crippen LogP contribution in [0.25, 0.3) is 0 Å². The minimum absolute atomic E-state index is 0.883. The molecule has 3 nitrogen and oxygen atoms in total. The van der Waals surface area contributed by atoms with Gasteiger partial charge >= 0.3 is 0 Å². The maximum absolute atomic E-state index is 4.18. The maximum atomic E-state index is 4.18. The third-order valence-electron chi connectivity index (χ3n) is 3.09. The van der Waals surface area contributed by atoms with Gasteiger partial charge in [-0.3, -0.25) is 0 Å². The largest absolute Gasteiger partial charge is 0.347 e. The Labute approximate surface area is 103 Å². The Hall–Kier alpha value is -0.160. The zero-order chi connectivity index (χ0) is 10.7. The molecule has 5 heteroatoms. The van der Waals surface area contributed by atoms with E-state index in [-0.39, 0.29) is 0 Å². The molecular weight excluding hydrogens is 274 g/mol. The fourth-order valence-corrected chi connectivity index (χ4v) is 3.23. The van der Waals surface area contributed by atoms with Gasteiger partial charge < -0.3 is 4.90 Å². The van der Waals surface area contributed by atoms with E-state index in [0.29, 0.717) is 0 Å². The second-order valence-corrected chi connectivity index (χ2v) is 6.26. The second-order valence-electron chi connectivity index (χ2n) is 4.03. The highest BCUT2D eigenvalue weighted by molar-refractivity contribution is 9.11. The van der Waals surface area contributed by atoms with Crippen LogP contribution >= 0.6 is 27.3 Å². The van der Waals surface area contributed by atoms with Crippen LogP contribution in [0.15, 0.2) is 3.92 Å². The van der Waals surface area contributed by atoms with Crippen LogP contribution in [0.4, 0.5) is 5.13 Å². The Kier molecular flexibility index (Phi) is 3.97. The summed E-state index contributed by atoms with van der Waals surface area (Å²) in [5, 5.41) is 9.25. The van der Waals surface area contributed by atoms with Gasteiger partial charge in [-0.15, -0.1) is 10.2 Å². The van der Waals surface area contributed by atoms with Crippen LogP contribution in [0.1, 0.15) is 32.6 Å². The average Bonchev–Trinajstić information content (AvgIpc) is 2.54. The quantitative estimate of drug-likeness (QED) is 0.836. The van der Waals surface area contributed by atoms with Gasteiger partial charge in [-0.1, -0.05) is 24.7 Å². The van der Waals surface area contributed by atoms with Gasteiger partial charge in [0.25, 0.3) is 0 Å². The van der Waals surface area contributed by atoms with Crippen molar-refractivity contribution in [3.8, 4) is 0 Å². The summed E-state index contributed by atoms with van der Waals surface area (Å²) in [5.74, 6) is 0.909. The minimum Gasteiger partial charge on any atom is -0.347 e. The predicted octanol–water partition coefficient (Wildman–Crippen LogP) is 3.32. The normalized spacial score (nSPS) is 22.8. The predicted molar refractivity (Wildman–Crippen MR) is 67.5 cm³/mol. The molecule has 1 aromatic rings. The summed E-state index contributed by atoms with van der Waals surface area (Å²) in [6, 6.07) is 0. The molecule has 1 aliphatic rings. The molecule has 2 heterocycles. The molecule has 84 valence electrons. The highest BCUT2D eigenvalue weighted by Gasteiger charge is 2.18. The summed E-state index contributed by atoms with van der Waals surface area (Å²) in [4.78, 5) is 2.37. The van der Waals surface area contributed by atoms with E-state index in [0.717, 1.165) is 28.1 Å². The van der Waals surface area contributed by atoms with Crippen molar-refractivity contribution in [1.29, 1.82) is 0 Å². The van der Waals surface area contributed by atoms with E-state index in [2.05, 4.69) is 38.0 Å². The topological polar surface area (TPSA) is 29.0 Å². The molecule has 1 fully saturated rings. The van der Waals surface area contributed by atoms with Crippen molar-refractivity contribution in [3.05, 3.63) is 3.92 Å². The number of halogens is 1. The van der Waals surface area contributed by atoms with E-state index < -0.39 is 0 Å². The van der Waals surface area contributed by atoms with Gasteiger partial charge in [-0.05, 0) is 41.1 Å². The first-order valence-corrected chi connectivity index (χ1v) is 7.14. The Morgan fingerprint density at radius 2 is 2.27 bits per heavy atom.